The molecule has 33 heavy (non-hydrogen) atoms. The lowest BCUT2D eigenvalue weighted by atomic mass is 9.96. The number of benzene rings is 2. The molecule has 0 aliphatic carbocycles. The van der Waals surface area contributed by atoms with Crippen molar-refractivity contribution >= 4 is 23.4 Å². The van der Waals surface area contributed by atoms with Crippen molar-refractivity contribution in [1.82, 2.24) is 4.57 Å². The highest BCUT2D eigenvalue weighted by Crippen LogP contribution is 2.33. The van der Waals surface area contributed by atoms with Crippen molar-refractivity contribution < 1.29 is 19.0 Å². The summed E-state index contributed by atoms with van der Waals surface area (Å²) in [6, 6.07) is 14.4. The molecule has 1 atom stereocenters. The number of aromatic nitrogens is 1. The molecule has 0 amide bonds. The summed E-state index contributed by atoms with van der Waals surface area (Å²) in [5.41, 5.74) is 2.34. The lowest BCUT2D eigenvalue weighted by Gasteiger charge is -2.25. The maximum Gasteiger partial charge on any atom is 0.338 e. The van der Waals surface area contributed by atoms with Gasteiger partial charge in [-0.25, -0.2) is 9.79 Å². The fourth-order valence-corrected chi connectivity index (χ4v) is 5.01. The third kappa shape index (κ3) is 3.87. The predicted molar refractivity (Wildman–Crippen MR) is 124 cm³/mol. The maximum absolute atomic E-state index is 13.6. The number of hydrogen-bond acceptors (Lipinski definition) is 7. The zero-order valence-electron chi connectivity index (χ0n) is 18.4. The number of allylic oxidation sites excluding steroid dienone is 1. The van der Waals surface area contributed by atoms with E-state index in [9.17, 15) is 9.59 Å². The average molecular weight is 463 g/mol. The molecule has 0 bridgehead atoms. The fourth-order valence-electron chi connectivity index (χ4n) is 3.97. The third-order valence-electron chi connectivity index (χ3n) is 5.39. The second-order valence-electron chi connectivity index (χ2n) is 8.06. The summed E-state index contributed by atoms with van der Waals surface area (Å²) in [5, 5.41) is 0. The number of nitrogens with zero attached hydrogens (tertiary/aromatic N) is 2. The van der Waals surface area contributed by atoms with E-state index in [1.54, 1.807) is 31.4 Å². The monoisotopic (exact) mass is 462 g/mol. The second kappa shape index (κ2) is 8.37. The highest BCUT2D eigenvalue weighted by atomic mass is 32.1. The Labute approximate surface area is 193 Å². The molecule has 3 heterocycles. The van der Waals surface area contributed by atoms with Crippen LogP contribution in [0, 0.1) is 0 Å². The normalized spacial score (nSPS) is 17.2. The van der Waals surface area contributed by atoms with Crippen molar-refractivity contribution in [3.63, 3.8) is 0 Å². The first-order valence-corrected chi connectivity index (χ1v) is 11.4. The quantitative estimate of drug-likeness (QED) is 0.557. The second-order valence-corrected chi connectivity index (χ2v) is 9.07. The van der Waals surface area contributed by atoms with E-state index >= 15 is 0 Å². The zero-order valence-corrected chi connectivity index (χ0v) is 19.2. The molecule has 8 heteroatoms. The molecule has 2 aliphatic heterocycles. The van der Waals surface area contributed by atoms with Gasteiger partial charge in [0.25, 0.3) is 5.56 Å². The van der Waals surface area contributed by atoms with Crippen LogP contribution < -0.4 is 24.4 Å². The summed E-state index contributed by atoms with van der Waals surface area (Å²) in [6.07, 6.45) is 1.52. The van der Waals surface area contributed by atoms with E-state index in [4.69, 9.17) is 14.2 Å². The van der Waals surface area contributed by atoms with E-state index in [1.165, 1.54) is 11.3 Å². The van der Waals surface area contributed by atoms with Crippen LogP contribution in [0.25, 0.3) is 6.08 Å². The summed E-state index contributed by atoms with van der Waals surface area (Å²) in [6.45, 7) is 5.56. The third-order valence-corrected chi connectivity index (χ3v) is 6.38. The van der Waals surface area contributed by atoms with E-state index in [1.807, 2.05) is 48.5 Å². The van der Waals surface area contributed by atoms with Gasteiger partial charge in [0.2, 0.25) is 6.79 Å². The lowest BCUT2D eigenvalue weighted by Crippen LogP contribution is -2.40. The molecule has 0 fully saturated rings. The Morgan fingerprint density at radius 1 is 1.18 bits per heavy atom. The Hall–Kier alpha value is -3.65. The Balaban J connectivity index is 1.68. The molecule has 2 aromatic carbocycles. The molecule has 1 unspecified atom stereocenters. The van der Waals surface area contributed by atoms with Crippen LogP contribution in [0.1, 0.15) is 37.9 Å². The number of hydrogen-bond donors (Lipinski definition) is 0. The van der Waals surface area contributed by atoms with Crippen molar-refractivity contribution in [1.29, 1.82) is 0 Å². The number of carbonyl (C=O) groups excluding carboxylic acids is 1. The summed E-state index contributed by atoms with van der Waals surface area (Å²) >= 11 is 1.29. The van der Waals surface area contributed by atoms with Crippen molar-refractivity contribution in [3.8, 4) is 11.5 Å². The number of thiazole rings is 1. The van der Waals surface area contributed by atoms with Crippen LogP contribution in [-0.2, 0) is 9.53 Å². The molecule has 0 saturated carbocycles. The lowest BCUT2D eigenvalue weighted by molar-refractivity contribution is -0.143. The van der Waals surface area contributed by atoms with E-state index < -0.39 is 12.0 Å². The van der Waals surface area contributed by atoms with Crippen molar-refractivity contribution in [2.75, 3.05) is 6.79 Å². The molecule has 1 aromatic heterocycles. The van der Waals surface area contributed by atoms with Crippen molar-refractivity contribution in [2.45, 2.75) is 32.9 Å². The Kier molecular flexibility index (Phi) is 5.38. The van der Waals surface area contributed by atoms with Gasteiger partial charge >= 0.3 is 5.97 Å². The molecule has 0 spiro atoms. The summed E-state index contributed by atoms with van der Waals surface area (Å²) in [5.74, 6) is 0.861. The molecule has 168 valence electrons. The summed E-state index contributed by atoms with van der Waals surface area (Å²) < 4.78 is 18.4. The summed E-state index contributed by atoms with van der Waals surface area (Å²) in [7, 11) is 0. The molecule has 0 N–H and O–H groups in total. The van der Waals surface area contributed by atoms with E-state index in [-0.39, 0.29) is 18.5 Å². The fraction of sp³-hybridized carbons (Fsp3) is 0.240. The minimum atomic E-state index is -0.618. The molecule has 0 radical (unpaired) electrons. The topological polar surface area (TPSA) is 79.1 Å². The van der Waals surface area contributed by atoms with Crippen molar-refractivity contribution in [3.05, 3.63) is 90.6 Å². The van der Waals surface area contributed by atoms with Crippen LogP contribution in [0.5, 0.6) is 11.5 Å². The van der Waals surface area contributed by atoms with Gasteiger partial charge in [-0.15, -0.1) is 0 Å². The number of carbonyl (C=O) groups is 1. The van der Waals surface area contributed by atoms with Crippen LogP contribution >= 0.6 is 11.3 Å². The van der Waals surface area contributed by atoms with Gasteiger partial charge in [-0.3, -0.25) is 9.36 Å². The molecule has 2 aliphatic rings. The van der Waals surface area contributed by atoms with Gasteiger partial charge in [-0.2, -0.15) is 0 Å². The van der Waals surface area contributed by atoms with Crippen LogP contribution in [0.3, 0.4) is 0 Å². The Bertz CT molecular complexity index is 1450. The van der Waals surface area contributed by atoms with Crippen LogP contribution in [0.15, 0.2) is 69.6 Å². The average Bonchev–Trinajstić information content (AvgIpc) is 3.37. The first-order valence-electron chi connectivity index (χ1n) is 10.6. The minimum absolute atomic E-state index is 0.187. The maximum atomic E-state index is 13.6. The van der Waals surface area contributed by atoms with Gasteiger partial charge in [0.1, 0.15) is 0 Å². The molecular weight excluding hydrogens is 440 g/mol. The first-order chi connectivity index (χ1) is 15.9. The first kappa shape index (κ1) is 21.2. The SMILES string of the molecule is CC1=C(C(=O)OC(C)C)C(c2ccccc2)n2c(sc(=Cc3ccc4c(c3)OCO4)c2=O)=N1. The summed E-state index contributed by atoms with van der Waals surface area (Å²) in [4.78, 5) is 31.8. The zero-order chi connectivity index (χ0) is 23.1. The van der Waals surface area contributed by atoms with E-state index in [0.29, 0.717) is 32.1 Å². The minimum Gasteiger partial charge on any atom is -0.459 e. The van der Waals surface area contributed by atoms with Gasteiger partial charge in [0, 0.05) is 0 Å². The Morgan fingerprint density at radius 2 is 1.94 bits per heavy atom. The largest absolute Gasteiger partial charge is 0.459 e. The van der Waals surface area contributed by atoms with Crippen LogP contribution in [0.4, 0.5) is 0 Å². The van der Waals surface area contributed by atoms with Gasteiger partial charge in [0.15, 0.2) is 16.3 Å². The number of rotatable bonds is 4. The standard InChI is InChI=1S/C25H22N2O5S/c1-14(2)32-24(29)21-15(3)26-25-27(22(21)17-7-5-4-6-8-17)23(28)20(33-25)12-16-9-10-18-19(11-16)31-13-30-18/h4-12,14,22H,13H2,1-3H3. The van der Waals surface area contributed by atoms with Gasteiger partial charge in [-0.1, -0.05) is 47.7 Å². The van der Waals surface area contributed by atoms with Gasteiger partial charge in [-0.05, 0) is 50.1 Å². The van der Waals surface area contributed by atoms with E-state index in [2.05, 4.69) is 4.99 Å². The molecular formula is C25H22N2O5S. The van der Waals surface area contributed by atoms with Gasteiger partial charge < -0.3 is 14.2 Å². The van der Waals surface area contributed by atoms with Crippen LogP contribution in [0.2, 0.25) is 0 Å². The van der Waals surface area contributed by atoms with Crippen molar-refractivity contribution in [2.24, 2.45) is 4.99 Å². The molecule has 7 nitrogen and oxygen atoms in total. The highest BCUT2D eigenvalue weighted by Gasteiger charge is 2.33. The number of esters is 1. The molecule has 0 saturated heterocycles. The number of fused-ring (bicyclic) bond motifs is 2. The van der Waals surface area contributed by atoms with Crippen LogP contribution in [-0.4, -0.2) is 23.4 Å². The highest BCUT2D eigenvalue weighted by molar-refractivity contribution is 7.07. The molecule has 5 rings (SSSR count). The Morgan fingerprint density at radius 3 is 2.70 bits per heavy atom. The van der Waals surface area contributed by atoms with Gasteiger partial charge in [0.05, 0.1) is 27.9 Å². The number of ether oxygens (including phenoxy) is 3. The van der Waals surface area contributed by atoms with E-state index in [0.717, 1.165) is 11.1 Å². The predicted octanol–water partition coefficient (Wildman–Crippen LogP) is 2.92. The molecule has 3 aromatic rings. The smallest absolute Gasteiger partial charge is 0.338 e.